The Morgan fingerprint density at radius 3 is 2.62 bits per heavy atom. The van der Waals surface area contributed by atoms with E-state index in [0.717, 1.165) is 11.8 Å². The standard InChI is InChI=1S/C7H13Br/c1-6-5-7(6)3-2-4-8/h6-7H,2-5H2,1H3/t6-,7-/m1/s1. The molecule has 0 bridgehead atoms. The summed E-state index contributed by atoms with van der Waals surface area (Å²) in [5, 5.41) is 1.19. The zero-order valence-corrected chi connectivity index (χ0v) is 6.95. The van der Waals surface area contributed by atoms with E-state index in [4.69, 9.17) is 0 Å². The fourth-order valence-electron chi connectivity index (χ4n) is 1.14. The highest BCUT2D eigenvalue weighted by Gasteiger charge is 2.30. The van der Waals surface area contributed by atoms with Gasteiger partial charge in [0.05, 0.1) is 0 Å². The predicted octanol–water partition coefficient (Wildman–Crippen LogP) is 2.82. The van der Waals surface area contributed by atoms with Crippen LogP contribution in [0.5, 0.6) is 0 Å². The second kappa shape index (κ2) is 2.86. The maximum atomic E-state index is 3.43. The fourth-order valence-corrected chi connectivity index (χ4v) is 1.46. The minimum atomic E-state index is 1.05. The summed E-state index contributed by atoms with van der Waals surface area (Å²) in [6.07, 6.45) is 4.31. The molecule has 0 aromatic heterocycles. The zero-order chi connectivity index (χ0) is 5.98. The zero-order valence-electron chi connectivity index (χ0n) is 5.36. The van der Waals surface area contributed by atoms with Crippen LogP contribution >= 0.6 is 15.9 Å². The van der Waals surface area contributed by atoms with Gasteiger partial charge in [-0.15, -0.1) is 0 Å². The molecule has 0 aromatic rings. The molecule has 0 unspecified atom stereocenters. The van der Waals surface area contributed by atoms with Crippen molar-refractivity contribution in [3.63, 3.8) is 0 Å². The summed E-state index contributed by atoms with van der Waals surface area (Å²) in [5.74, 6) is 2.14. The van der Waals surface area contributed by atoms with Gasteiger partial charge in [-0.2, -0.15) is 0 Å². The molecule has 1 rings (SSSR count). The van der Waals surface area contributed by atoms with E-state index in [-0.39, 0.29) is 0 Å². The average molecular weight is 177 g/mol. The molecule has 48 valence electrons. The number of rotatable bonds is 3. The highest BCUT2D eigenvalue weighted by molar-refractivity contribution is 9.09. The average Bonchev–Trinajstić information content (AvgIpc) is 2.42. The molecule has 1 aliphatic carbocycles. The Morgan fingerprint density at radius 1 is 1.62 bits per heavy atom. The first-order valence-electron chi connectivity index (χ1n) is 3.40. The van der Waals surface area contributed by atoms with Gasteiger partial charge in [-0.05, 0) is 31.1 Å². The largest absolute Gasteiger partial charge is 0.0928 e. The third kappa shape index (κ3) is 1.77. The second-order valence-electron chi connectivity index (χ2n) is 2.80. The molecule has 0 aliphatic heterocycles. The molecule has 8 heavy (non-hydrogen) atoms. The van der Waals surface area contributed by atoms with Crippen LogP contribution in [0.15, 0.2) is 0 Å². The summed E-state index contributed by atoms with van der Waals surface area (Å²) >= 11 is 3.43. The van der Waals surface area contributed by atoms with Crippen molar-refractivity contribution >= 4 is 15.9 Å². The van der Waals surface area contributed by atoms with Gasteiger partial charge in [-0.1, -0.05) is 22.9 Å². The van der Waals surface area contributed by atoms with Crippen LogP contribution in [0.2, 0.25) is 0 Å². The van der Waals surface area contributed by atoms with E-state index in [2.05, 4.69) is 22.9 Å². The van der Waals surface area contributed by atoms with Gasteiger partial charge >= 0.3 is 0 Å². The van der Waals surface area contributed by atoms with Crippen molar-refractivity contribution in [1.29, 1.82) is 0 Å². The van der Waals surface area contributed by atoms with Gasteiger partial charge in [0.2, 0.25) is 0 Å². The van der Waals surface area contributed by atoms with Crippen LogP contribution in [0.1, 0.15) is 26.2 Å². The smallest absolute Gasteiger partial charge is 0.00314 e. The minimum Gasteiger partial charge on any atom is -0.0928 e. The van der Waals surface area contributed by atoms with Gasteiger partial charge < -0.3 is 0 Å². The van der Waals surface area contributed by atoms with Crippen LogP contribution in [-0.2, 0) is 0 Å². The van der Waals surface area contributed by atoms with Crippen LogP contribution in [0.25, 0.3) is 0 Å². The lowest BCUT2D eigenvalue weighted by atomic mass is 10.2. The molecular weight excluding hydrogens is 164 g/mol. The molecule has 1 saturated carbocycles. The van der Waals surface area contributed by atoms with E-state index in [9.17, 15) is 0 Å². The van der Waals surface area contributed by atoms with E-state index >= 15 is 0 Å². The summed E-state index contributed by atoms with van der Waals surface area (Å²) in [7, 11) is 0. The molecule has 0 nitrogen and oxygen atoms in total. The lowest BCUT2D eigenvalue weighted by molar-refractivity contribution is 0.665. The van der Waals surface area contributed by atoms with E-state index in [1.807, 2.05) is 0 Å². The van der Waals surface area contributed by atoms with Crippen molar-refractivity contribution in [2.75, 3.05) is 5.33 Å². The van der Waals surface area contributed by atoms with Gasteiger partial charge in [0.15, 0.2) is 0 Å². The fraction of sp³-hybridized carbons (Fsp3) is 1.00. The van der Waals surface area contributed by atoms with Crippen molar-refractivity contribution in [2.45, 2.75) is 26.2 Å². The topological polar surface area (TPSA) is 0 Å². The summed E-state index contributed by atoms with van der Waals surface area (Å²) in [5.41, 5.74) is 0. The molecule has 1 heteroatoms. The van der Waals surface area contributed by atoms with Crippen molar-refractivity contribution in [2.24, 2.45) is 11.8 Å². The molecular formula is C7H13Br. The summed E-state index contributed by atoms with van der Waals surface area (Å²) in [4.78, 5) is 0. The molecule has 0 spiro atoms. The predicted molar refractivity (Wildman–Crippen MR) is 40.3 cm³/mol. The first kappa shape index (κ1) is 6.60. The third-order valence-corrected chi connectivity index (χ3v) is 2.55. The van der Waals surface area contributed by atoms with Crippen molar-refractivity contribution in [1.82, 2.24) is 0 Å². The van der Waals surface area contributed by atoms with Gasteiger partial charge in [0.1, 0.15) is 0 Å². The van der Waals surface area contributed by atoms with Gasteiger partial charge in [0.25, 0.3) is 0 Å². The van der Waals surface area contributed by atoms with E-state index in [1.54, 1.807) is 0 Å². The molecule has 0 aromatic carbocycles. The number of hydrogen-bond acceptors (Lipinski definition) is 0. The second-order valence-corrected chi connectivity index (χ2v) is 3.60. The Kier molecular flexibility index (Phi) is 2.36. The number of halogens is 1. The summed E-state index contributed by atoms with van der Waals surface area (Å²) in [6.45, 7) is 2.35. The Morgan fingerprint density at radius 2 is 2.25 bits per heavy atom. The van der Waals surface area contributed by atoms with E-state index in [0.29, 0.717) is 0 Å². The normalized spacial score (nSPS) is 35.2. The molecule has 0 amide bonds. The Labute approximate surface area is 59.8 Å². The first-order valence-corrected chi connectivity index (χ1v) is 4.52. The SMILES string of the molecule is C[C@@H]1C[C@H]1CCCBr. The number of alkyl halides is 1. The summed E-state index contributed by atoms with van der Waals surface area (Å²) < 4.78 is 0. The molecule has 0 N–H and O–H groups in total. The Bertz CT molecular complexity index is 70.8. The summed E-state index contributed by atoms with van der Waals surface area (Å²) in [6, 6.07) is 0. The van der Waals surface area contributed by atoms with Crippen LogP contribution < -0.4 is 0 Å². The maximum absolute atomic E-state index is 3.43. The van der Waals surface area contributed by atoms with Crippen molar-refractivity contribution < 1.29 is 0 Å². The van der Waals surface area contributed by atoms with Gasteiger partial charge in [-0.3, -0.25) is 0 Å². The molecule has 0 radical (unpaired) electrons. The lowest BCUT2D eigenvalue weighted by Gasteiger charge is -1.90. The van der Waals surface area contributed by atoms with Crippen LogP contribution in [0, 0.1) is 11.8 Å². The first-order chi connectivity index (χ1) is 3.84. The quantitative estimate of drug-likeness (QED) is 0.581. The molecule has 1 aliphatic rings. The number of hydrogen-bond donors (Lipinski definition) is 0. The van der Waals surface area contributed by atoms with Gasteiger partial charge in [-0.25, -0.2) is 0 Å². The molecule has 0 saturated heterocycles. The Balaban J connectivity index is 1.89. The maximum Gasteiger partial charge on any atom is 0.00314 e. The van der Waals surface area contributed by atoms with Crippen LogP contribution in [-0.4, -0.2) is 5.33 Å². The highest BCUT2D eigenvalue weighted by atomic mass is 79.9. The van der Waals surface area contributed by atoms with Gasteiger partial charge in [0, 0.05) is 5.33 Å². The van der Waals surface area contributed by atoms with Crippen molar-refractivity contribution in [3.05, 3.63) is 0 Å². The van der Waals surface area contributed by atoms with E-state index < -0.39 is 0 Å². The van der Waals surface area contributed by atoms with Crippen LogP contribution in [0.4, 0.5) is 0 Å². The highest BCUT2D eigenvalue weighted by Crippen LogP contribution is 2.41. The Hall–Kier alpha value is 0.480. The minimum absolute atomic E-state index is 1.05. The molecule has 2 atom stereocenters. The third-order valence-electron chi connectivity index (χ3n) is 1.98. The van der Waals surface area contributed by atoms with E-state index in [1.165, 1.54) is 24.6 Å². The molecule has 0 heterocycles. The van der Waals surface area contributed by atoms with Crippen molar-refractivity contribution in [3.8, 4) is 0 Å². The molecule has 1 fully saturated rings. The van der Waals surface area contributed by atoms with Crippen LogP contribution in [0.3, 0.4) is 0 Å². The monoisotopic (exact) mass is 176 g/mol. The lowest BCUT2D eigenvalue weighted by Crippen LogP contribution is -1.79.